The first-order valence-electron chi connectivity index (χ1n) is 9.80. The minimum Gasteiger partial charge on any atom is -0.480 e. The van der Waals surface area contributed by atoms with E-state index in [1.807, 2.05) is 35.0 Å². The molecule has 1 saturated heterocycles. The number of aliphatic carboxylic acids is 1. The van der Waals surface area contributed by atoms with E-state index >= 15 is 0 Å². The zero-order chi connectivity index (χ0) is 18.6. The van der Waals surface area contributed by atoms with Gasteiger partial charge in [0.05, 0.1) is 12.0 Å². The number of benzene rings is 1. The first kappa shape index (κ1) is 18.9. The minimum absolute atomic E-state index is 0.0621. The van der Waals surface area contributed by atoms with Crippen LogP contribution in [0.2, 0.25) is 0 Å². The fourth-order valence-electron chi connectivity index (χ4n) is 4.73. The molecule has 1 aromatic carbocycles. The first-order chi connectivity index (χ1) is 12.5. The van der Waals surface area contributed by atoms with Gasteiger partial charge in [0.15, 0.2) is 0 Å². The number of likely N-dealkylation sites (N-methyl/N-ethyl adjacent to an activating group) is 1. The van der Waals surface area contributed by atoms with Crippen molar-refractivity contribution in [3.8, 4) is 0 Å². The molecule has 1 N–H and O–H groups in total. The number of carboxylic acids is 1. The molecule has 142 valence electrons. The highest BCUT2D eigenvalue weighted by Crippen LogP contribution is 2.43. The molecule has 2 aliphatic rings. The summed E-state index contributed by atoms with van der Waals surface area (Å²) in [6, 6.07) is 10.5. The van der Waals surface area contributed by atoms with Crippen LogP contribution in [0.4, 0.5) is 0 Å². The highest BCUT2D eigenvalue weighted by molar-refractivity contribution is 5.88. The molecular formula is C21H30N2O3. The summed E-state index contributed by atoms with van der Waals surface area (Å²) in [7, 11) is 1.87. The molecule has 5 nitrogen and oxygen atoms in total. The van der Waals surface area contributed by atoms with Crippen LogP contribution in [0.3, 0.4) is 0 Å². The van der Waals surface area contributed by atoms with E-state index in [4.69, 9.17) is 5.11 Å². The molecule has 3 rings (SSSR count). The Kier molecular flexibility index (Phi) is 5.97. The van der Waals surface area contributed by atoms with Crippen LogP contribution in [-0.4, -0.2) is 59.5 Å². The van der Waals surface area contributed by atoms with Crippen LogP contribution in [-0.2, 0) is 15.0 Å². The number of likely N-dealkylation sites (tertiary alicyclic amines) is 1. The van der Waals surface area contributed by atoms with Gasteiger partial charge in [-0.25, -0.2) is 0 Å². The Morgan fingerprint density at radius 2 is 1.81 bits per heavy atom. The SMILES string of the molecule is CN(CC(=O)O)C1CCCN(C(=O)C2(c3ccccc3)CCCC2)CC1. The molecule has 1 heterocycles. The Hall–Kier alpha value is -1.88. The third-order valence-electron chi connectivity index (χ3n) is 6.19. The maximum Gasteiger partial charge on any atom is 0.317 e. The standard InChI is InChI=1S/C21H30N2O3/c1-22(16-19(24)25)18-10-7-14-23(15-11-18)20(26)21(12-5-6-13-21)17-8-3-2-4-9-17/h2-4,8-9,18H,5-7,10-16H2,1H3,(H,24,25). The predicted molar refractivity (Wildman–Crippen MR) is 101 cm³/mol. The molecule has 1 aromatic rings. The maximum absolute atomic E-state index is 13.5. The number of carbonyl (C=O) groups excluding carboxylic acids is 1. The fourth-order valence-corrected chi connectivity index (χ4v) is 4.73. The number of carbonyl (C=O) groups is 2. The van der Waals surface area contributed by atoms with E-state index in [9.17, 15) is 9.59 Å². The minimum atomic E-state index is -0.793. The summed E-state index contributed by atoms with van der Waals surface area (Å²) in [5.74, 6) is -0.513. The lowest BCUT2D eigenvalue weighted by atomic mass is 9.77. The smallest absolute Gasteiger partial charge is 0.317 e. The van der Waals surface area contributed by atoms with Gasteiger partial charge in [-0.15, -0.1) is 0 Å². The first-order valence-corrected chi connectivity index (χ1v) is 9.80. The van der Waals surface area contributed by atoms with Crippen molar-refractivity contribution >= 4 is 11.9 Å². The van der Waals surface area contributed by atoms with Crippen molar-refractivity contribution < 1.29 is 14.7 Å². The average molecular weight is 358 g/mol. The van der Waals surface area contributed by atoms with E-state index in [2.05, 4.69) is 12.1 Å². The third kappa shape index (κ3) is 3.93. The molecule has 1 aliphatic heterocycles. The van der Waals surface area contributed by atoms with Crippen molar-refractivity contribution in [3.05, 3.63) is 35.9 Å². The van der Waals surface area contributed by atoms with Gasteiger partial charge >= 0.3 is 5.97 Å². The van der Waals surface area contributed by atoms with E-state index in [0.717, 1.165) is 63.6 Å². The molecule has 1 amide bonds. The lowest BCUT2D eigenvalue weighted by Crippen LogP contribution is -2.46. The second-order valence-corrected chi connectivity index (χ2v) is 7.84. The predicted octanol–water partition coefficient (Wildman–Crippen LogP) is 2.90. The lowest BCUT2D eigenvalue weighted by Gasteiger charge is -2.34. The number of amides is 1. The van der Waals surface area contributed by atoms with Crippen LogP contribution in [0.15, 0.2) is 30.3 Å². The molecule has 1 atom stereocenters. The van der Waals surface area contributed by atoms with Crippen LogP contribution in [0.1, 0.15) is 50.5 Å². The van der Waals surface area contributed by atoms with Crippen LogP contribution in [0.25, 0.3) is 0 Å². The van der Waals surface area contributed by atoms with Gasteiger partial charge in [0.2, 0.25) is 5.91 Å². The van der Waals surface area contributed by atoms with Crippen molar-refractivity contribution in [2.75, 3.05) is 26.7 Å². The summed E-state index contributed by atoms with van der Waals surface area (Å²) < 4.78 is 0. The molecule has 2 fully saturated rings. The van der Waals surface area contributed by atoms with Crippen molar-refractivity contribution in [2.24, 2.45) is 0 Å². The number of hydrogen-bond donors (Lipinski definition) is 1. The van der Waals surface area contributed by atoms with Crippen molar-refractivity contribution in [1.82, 2.24) is 9.80 Å². The Labute approximate surface area is 156 Å². The third-order valence-corrected chi connectivity index (χ3v) is 6.19. The van der Waals surface area contributed by atoms with Crippen LogP contribution < -0.4 is 0 Å². The number of nitrogens with zero attached hydrogens (tertiary/aromatic N) is 2. The summed E-state index contributed by atoms with van der Waals surface area (Å²) in [6.07, 6.45) is 6.83. The molecule has 0 aromatic heterocycles. The number of rotatable bonds is 5. The van der Waals surface area contributed by atoms with Crippen molar-refractivity contribution in [2.45, 2.75) is 56.4 Å². The summed E-state index contributed by atoms with van der Waals surface area (Å²) in [6.45, 7) is 1.57. The van der Waals surface area contributed by atoms with Crippen LogP contribution >= 0.6 is 0 Å². The van der Waals surface area contributed by atoms with Gasteiger partial charge in [0.25, 0.3) is 0 Å². The molecule has 1 unspecified atom stereocenters. The van der Waals surface area contributed by atoms with Crippen molar-refractivity contribution in [3.63, 3.8) is 0 Å². The quantitative estimate of drug-likeness (QED) is 0.879. The number of hydrogen-bond acceptors (Lipinski definition) is 3. The molecule has 0 bridgehead atoms. The van der Waals surface area contributed by atoms with E-state index in [0.29, 0.717) is 0 Å². The highest BCUT2D eigenvalue weighted by atomic mass is 16.4. The molecule has 26 heavy (non-hydrogen) atoms. The number of carboxylic acid groups (broad SMARTS) is 1. The zero-order valence-corrected chi connectivity index (χ0v) is 15.7. The lowest BCUT2D eigenvalue weighted by molar-refractivity contribution is -0.139. The van der Waals surface area contributed by atoms with Gasteiger partial charge in [0, 0.05) is 19.1 Å². The molecule has 1 saturated carbocycles. The Bertz CT molecular complexity index is 625. The second kappa shape index (κ2) is 8.21. The van der Waals surface area contributed by atoms with Crippen molar-refractivity contribution in [1.29, 1.82) is 0 Å². The largest absolute Gasteiger partial charge is 0.480 e. The Balaban J connectivity index is 1.72. The molecule has 0 radical (unpaired) electrons. The van der Waals surface area contributed by atoms with E-state index in [-0.39, 0.29) is 23.9 Å². The maximum atomic E-state index is 13.5. The molecule has 0 spiro atoms. The fraction of sp³-hybridized carbons (Fsp3) is 0.619. The van der Waals surface area contributed by atoms with Gasteiger partial charge in [0.1, 0.15) is 0 Å². The van der Waals surface area contributed by atoms with E-state index in [1.54, 1.807) is 0 Å². The Morgan fingerprint density at radius 3 is 2.46 bits per heavy atom. The van der Waals surface area contributed by atoms with Gasteiger partial charge in [-0.3, -0.25) is 14.5 Å². The molecule has 1 aliphatic carbocycles. The second-order valence-electron chi connectivity index (χ2n) is 7.84. The summed E-state index contributed by atoms with van der Waals surface area (Å²) in [4.78, 5) is 28.5. The summed E-state index contributed by atoms with van der Waals surface area (Å²) >= 11 is 0. The van der Waals surface area contributed by atoms with Gasteiger partial charge in [-0.1, -0.05) is 43.2 Å². The normalized spacial score (nSPS) is 23.0. The van der Waals surface area contributed by atoms with Gasteiger partial charge in [-0.2, -0.15) is 0 Å². The monoisotopic (exact) mass is 358 g/mol. The van der Waals surface area contributed by atoms with Crippen LogP contribution in [0, 0.1) is 0 Å². The topological polar surface area (TPSA) is 60.9 Å². The molecular weight excluding hydrogens is 328 g/mol. The van der Waals surface area contributed by atoms with Gasteiger partial charge < -0.3 is 10.0 Å². The van der Waals surface area contributed by atoms with E-state index in [1.165, 1.54) is 0 Å². The van der Waals surface area contributed by atoms with Gasteiger partial charge in [-0.05, 0) is 44.7 Å². The summed E-state index contributed by atoms with van der Waals surface area (Å²) in [5.41, 5.74) is 0.805. The Morgan fingerprint density at radius 1 is 1.12 bits per heavy atom. The summed E-state index contributed by atoms with van der Waals surface area (Å²) in [5, 5.41) is 9.02. The van der Waals surface area contributed by atoms with E-state index < -0.39 is 5.97 Å². The highest BCUT2D eigenvalue weighted by Gasteiger charge is 2.45. The zero-order valence-electron chi connectivity index (χ0n) is 15.7. The average Bonchev–Trinajstić information content (AvgIpc) is 3.00. The molecule has 5 heteroatoms. The van der Waals surface area contributed by atoms with Crippen LogP contribution in [0.5, 0.6) is 0 Å².